The maximum atomic E-state index is 13.5. The number of aromatic amines is 1. The Balaban J connectivity index is 2.21. The Labute approximate surface area is 276 Å². The monoisotopic (exact) mass is 676 g/mol. The number of carbonyl (C=O) groups excluding carboxylic acids is 4. The number of hydrogen-bond acceptors (Lipinski definition) is 11. The van der Waals surface area contributed by atoms with E-state index in [1.807, 2.05) is 0 Å². The van der Waals surface area contributed by atoms with Gasteiger partial charge in [0.2, 0.25) is 23.6 Å². The summed E-state index contributed by atoms with van der Waals surface area (Å²) in [6.07, 6.45) is 1.08. The second kappa shape index (κ2) is 19.6. The van der Waals surface area contributed by atoms with E-state index >= 15 is 0 Å². The molecule has 0 aliphatic carbocycles. The highest BCUT2D eigenvalue weighted by molar-refractivity contribution is 5.96. The van der Waals surface area contributed by atoms with Crippen molar-refractivity contribution in [3.8, 4) is 5.75 Å². The van der Waals surface area contributed by atoms with Crippen LogP contribution in [0.2, 0.25) is 0 Å². The van der Waals surface area contributed by atoms with E-state index in [0.29, 0.717) is 30.6 Å². The zero-order valence-corrected chi connectivity index (χ0v) is 26.4. The molecule has 0 spiro atoms. The Bertz CT molecular complexity index is 1370. The van der Waals surface area contributed by atoms with E-state index in [9.17, 15) is 49.2 Å². The summed E-state index contributed by atoms with van der Waals surface area (Å²) in [5, 5.41) is 48.1. The van der Waals surface area contributed by atoms with Gasteiger partial charge in [-0.25, -0.2) is 9.78 Å². The average Bonchev–Trinajstić information content (AvgIpc) is 3.54. The number of hydrogen-bond donors (Lipinski definition) is 11. The zero-order valence-electron chi connectivity index (χ0n) is 26.4. The molecule has 1 aromatic carbocycles. The molecule has 0 saturated heterocycles. The number of aromatic nitrogens is 2. The SMILES string of the molecule is C[C@@H](O)[C@H](NC(=O)[C@H](Cc1cnc[nH]1)NC(=O)[C@@H](N)Cc1ccc(O)cc1)C(=O)N[C@@H](CCC(=O)O)C(=O)N[C@@H](CCCCN)C(=O)O. The number of phenolic OH excluding ortho intramolecular Hbond substituents is 1. The summed E-state index contributed by atoms with van der Waals surface area (Å²) < 4.78 is 0. The third kappa shape index (κ3) is 13.3. The Morgan fingerprint density at radius 2 is 1.46 bits per heavy atom. The van der Waals surface area contributed by atoms with Crippen molar-refractivity contribution in [2.24, 2.45) is 11.5 Å². The Kier molecular flexibility index (Phi) is 15.9. The van der Waals surface area contributed by atoms with Crippen LogP contribution in [-0.4, -0.2) is 109 Å². The summed E-state index contributed by atoms with van der Waals surface area (Å²) in [6.45, 7) is 1.49. The molecule has 0 radical (unpaired) electrons. The number of amides is 4. The molecule has 1 heterocycles. The molecule has 1 aromatic heterocycles. The molecule has 13 N–H and O–H groups in total. The number of nitrogens with one attached hydrogen (secondary N) is 5. The van der Waals surface area contributed by atoms with Gasteiger partial charge in [0.15, 0.2) is 0 Å². The van der Waals surface area contributed by atoms with Crippen LogP contribution in [0.25, 0.3) is 0 Å². The number of carboxylic acid groups (broad SMARTS) is 2. The molecule has 0 unspecified atom stereocenters. The fraction of sp³-hybridized carbons (Fsp3) is 0.500. The number of aromatic hydroxyl groups is 1. The van der Waals surface area contributed by atoms with Gasteiger partial charge in [-0.15, -0.1) is 0 Å². The highest BCUT2D eigenvalue weighted by Gasteiger charge is 2.34. The van der Waals surface area contributed by atoms with Crippen LogP contribution in [0.3, 0.4) is 0 Å². The van der Waals surface area contributed by atoms with Crippen LogP contribution in [0.1, 0.15) is 50.3 Å². The lowest BCUT2D eigenvalue weighted by atomic mass is 10.0. The molecule has 18 nitrogen and oxygen atoms in total. The van der Waals surface area contributed by atoms with Gasteiger partial charge >= 0.3 is 11.9 Å². The summed E-state index contributed by atoms with van der Waals surface area (Å²) >= 11 is 0. The number of aliphatic carboxylic acids is 2. The van der Waals surface area contributed by atoms with Crippen molar-refractivity contribution in [2.75, 3.05) is 6.54 Å². The summed E-state index contributed by atoms with van der Waals surface area (Å²) in [5.41, 5.74) is 12.6. The summed E-state index contributed by atoms with van der Waals surface area (Å²) in [5.74, 6) is -6.28. The van der Waals surface area contributed by atoms with Crippen LogP contribution in [0, 0.1) is 0 Å². The number of aliphatic hydroxyl groups is 1. The fourth-order valence-corrected chi connectivity index (χ4v) is 4.56. The van der Waals surface area contributed by atoms with Crippen molar-refractivity contribution in [1.29, 1.82) is 0 Å². The minimum atomic E-state index is -1.69. The largest absolute Gasteiger partial charge is 0.508 e. The normalized spacial score (nSPS) is 14.8. The molecular formula is C30H44N8O10. The first-order chi connectivity index (χ1) is 22.7. The lowest BCUT2D eigenvalue weighted by Crippen LogP contribution is -2.61. The van der Waals surface area contributed by atoms with Gasteiger partial charge in [-0.05, 0) is 63.3 Å². The number of phenols is 1. The van der Waals surface area contributed by atoms with Crippen molar-refractivity contribution < 1.29 is 49.2 Å². The number of carbonyl (C=O) groups is 6. The number of carboxylic acids is 2. The minimum absolute atomic E-state index is 0.0291. The number of unbranched alkanes of at least 4 members (excludes halogenated alkanes) is 1. The predicted molar refractivity (Wildman–Crippen MR) is 169 cm³/mol. The van der Waals surface area contributed by atoms with Gasteiger partial charge < -0.3 is 58.1 Å². The van der Waals surface area contributed by atoms with Gasteiger partial charge in [0.1, 0.15) is 29.9 Å². The Morgan fingerprint density at radius 1 is 0.833 bits per heavy atom. The number of nitrogens with zero attached hydrogens (tertiary/aromatic N) is 1. The maximum Gasteiger partial charge on any atom is 0.326 e. The zero-order chi connectivity index (χ0) is 35.8. The van der Waals surface area contributed by atoms with Crippen molar-refractivity contribution >= 4 is 35.6 Å². The van der Waals surface area contributed by atoms with Crippen molar-refractivity contribution in [2.45, 2.75) is 88.2 Å². The third-order valence-corrected chi connectivity index (χ3v) is 7.24. The van der Waals surface area contributed by atoms with E-state index in [-0.39, 0.29) is 25.0 Å². The van der Waals surface area contributed by atoms with E-state index in [1.54, 1.807) is 12.1 Å². The average molecular weight is 677 g/mol. The molecule has 0 aliphatic heterocycles. The van der Waals surface area contributed by atoms with E-state index in [1.165, 1.54) is 31.6 Å². The number of aliphatic hydroxyl groups excluding tert-OH is 1. The van der Waals surface area contributed by atoms with E-state index in [2.05, 4.69) is 31.2 Å². The first-order valence-electron chi connectivity index (χ1n) is 15.3. The third-order valence-electron chi connectivity index (χ3n) is 7.24. The summed E-state index contributed by atoms with van der Waals surface area (Å²) in [4.78, 5) is 82.5. The molecule has 6 atom stereocenters. The van der Waals surface area contributed by atoms with Gasteiger partial charge in [-0.2, -0.15) is 0 Å². The number of rotatable bonds is 21. The minimum Gasteiger partial charge on any atom is -0.508 e. The van der Waals surface area contributed by atoms with Gasteiger partial charge in [0.05, 0.1) is 18.5 Å². The van der Waals surface area contributed by atoms with Crippen LogP contribution >= 0.6 is 0 Å². The second-order valence-electron chi connectivity index (χ2n) is 11.2. The quantitative estimate of drug-likeness (QED) is 0.0617. The van der Waals surface area contributed by atoms with Crippen LogP contribution in [0.4, 0.5) is 0 Å². The molecule has 264 valence electrons. The Hall–Kier alpha value is -5.07. The summed E-state index contributed by atoms with van der Waals surface area (Å²) in [7, 11) is 0. The summed E-state index contributed by atoms with van der Waals surface area (Å²) in [6, 6.07) is -0.986. The standard InChI is InChI=1S/C30H44N8O10/c1-16(39)25(29(46)35-21(9-10-24(41)42)27(44)36-22(30(47)48)4-2-3-11-31)38-28(45)23(13-18-14-33-15-34-18)37-26(43)20(32)12-17-5-7-19(40)8-6-17/h5-8,14-16,20-23,25,39-40H,2-4,9-13,31-32H2,1H3,(H,33,34)(H,35,46)(H,36,44)(H,37,43)(H,38,45)(H,41,42)(H,47,48)/t16-,20+,21+,22+,23+,25+/m1/s1. The first-order valence-corrected chi connectivity index (χ1v) is 15.3. The van der Waals surface area contributed by atoms with Crippen molar-refractivity contribution in [1.82, 2.24) is 31.2 Å². The van der Waals surface area contributed by atoms with E-state index in [0.717, 1.165) is 0 Å². The van der Waals surface area contributed by atoms with Crippen molar-refractivity contribution in [3.63, 3.8) is 0 Å². The highest BCUT2D eigenvalue weighted by Crippen LogP contribution is 2.12. The number of imidazole rings is 1. The topological polar surface area (TPSA) is 312 Å². The molecule has 0 aliphatic rings. The van der Waals surface area contributed by atoms with E-state index in [4.69, 9.17) is 11.5 Å². The molecule has 48 heavy (non-hydrogen) atoms. The maximum absolute atomic E-state index is 13.5. The van der Waals surface area contributed by atoms with Crippen LogP contribution in [-0.2, 0) is 41.6 Å². The van der Waals surface area contributed by atoms with Crippen LogP contribution in [0.5, 0.6) is 5.75 Å². The lowest BCUT2D eigenvalue weighted by molar-refractivity contribution is -0.143. The molecule has 0 fully saturated rings. The first kappa shape index (κ1) is 39.1. The molecule has 0 saturated carbocycles. The van der Waals surface area contributed by atoms with Crippen LogP contribution < -0.4 is 32.7 Å². The van der Waals surface area contributed by atoms with Crippen molar-refractivity contribution in [3.05, 3.63) is 48.0 Å². The highest BCUT2D eigenvalue weighted by atomic mass is 16.4. The second-order valence-corrected chi connectivity index (χ2v) is 11.2. The molecular weight excluding hydrogens is 632 g/mol. The van der Waals surface area contributed by atoms with Gasteiger partial charge in [-0.1, -0.05) is 12.1 Å². The predicted octanol–water partition coefficient (Wildman–Crippen LogP) is -2.37. The van der Waals surface area contributed by atoms with E-state index < -0.39 is 84.7 Å². The molecule has 18 heteroatoms. The molecule has 0 bridgehead atoms. The lowest BCUT2D eigenvalue weighted by Gasteiger charge is -2.27. The van der Waals surface area contributed by atoms with Gasteiger partial charge in [-0.3, -0.25) is 24.0 Å². The number of H-pyrrole nitrogens is 1. The fourth-order valence-electron chi connectivity index (χ4n) is 4.56. The van der Waals surface area contributed by atoms with Gasteiger partial charge in [0, 0.05) is 24.7 Å². The number of nitrogens with two attached hydrogens (primary N) is 2. The van der Waals surface area contributed by atoms with Gasteiger partial charge in [0.25, 0.3) is 0 Å². The molecule has 2 rings (SSSR count). The van der Waals surface area contributed by atoms with Crippen LogP contribution in [0.15, 0.2) is 36.8 Å². The molecule has 2 aromatic rings. The number of benzene rings is 1. The Morgan fingerprint density at radius 3 is 2.02 bits per heavy atom. The smallest absolute Gasteiger partial charge is 0.326 e. The molecule has 4 amide bonds.